The van der Waals surface area contributed by atoms with Crippen molar-refractivity contribution >= 4 is 23.1 Å². The molecule has 0 atom stereocenters. The number of benzene rings is 2. The number of nitrogens with zero attached hydrogens (tertiary/aromatic N) is 1. The molecule has 5 heteroatoms. The maximum absolute atomic E-state index is 12.3. The van der Waals surface area contributed by atoms with E-state index in [-0.39, 0.29) is 11.7 Å². The lowest BCUT2D eigenvalue weighted by Gasteiger charge is -2.09. The van der Waals surface area contributed by atoms with E-state index in [9.17, 15) is 9.59 Å². The Morgan fingerprint density at radius 3 is 2.48 bits per heavy atom. The van der Waals surface area contributed by atoms with Crippen LogP contribution in [0.3, 0.4) is 0 Å². The number of aromatic nitrogens is 1. The molecule has 0 aliphatic heterocycles. The summed E-state index contributed by atoms with van der Waals surface area (Å²) < 4.78 is 0. The summed E-state index contributed by atoms with van der Waals surface area (Å²) in [5, 5.41) is 6.06. The molecule has 0 bridgehead atoms. The van der Waals surface area contributed by atoms with Crippen LogP contribution in [0, 0.1) is 6.92 Å². The highest BCUT2D eigenvalue weighted by molar-refractivity contribution is 6.04. The van der Waals surface area contributed by atoms with Crippen LogP contribution in [0.25, 0.3) is 0 Å². The van der Waals surface area contributed by atoms with Crippen LogP contribution in [0.1, 0.15) is 38.9 Å². The highest BCUT2D eigenvalue weighted by Gasteiger charge is 2.09. The number of carbonyl (C=O) groups is 2. The Hall–Kier alpha value is -3.47. The number of hydrogen-bond acceptors (Lipinski definition) is 4. The maximum atomic E-state index is 12.3. The first-order chi connectivity index (χ1) is 13.0. The van der Waals surface area contributed by atoms with E-state index in [1.54, 1.807) is 36.5 Å². The van der Waals surface area contributed by atoms with Gasteiger partial charge < -0.3 is 10.6 Å². The lowest BCUT2D eigenvalue weighted by molar-refractivity contribution is 0.100. The first-order valence-electron chi connectivity index (χ1n) is 8.69. The Bertz CT molecular complexity index is 965. The van der Waals surface area contributed by atoms with Crippen molar-refractivity contribution in [1.29, 1.82) is 0 Å². The van der Waals surface area contributed by atoms with Crippen LogP contribution >= 0.6 is 0 Å². The molecule has 136 valence electrons. The Labute approximate surface area is 158 Å². The molecule has 1 aromatic heterocycles. The van der Waals surface area contributed by atoms with Gasteiger partial charge in [0.1, 0.15) is 5.69 Å². The molecule has 0 spiro atoms. The van der Waals surface area contributed by atoms with Gasteiger partial charge in [0, 0.05) is 17.8 Å². The molecule has 0 radical (unpaired) electrons. The van der Waals surface area contributed by atoms with E-state index >= 15 is 0 Å². The summed E-state index contributed by atoms with van der Waals surface area (Å²) in [4.78, 5) is 28.0. The number of amides is 1. The summed E-state index contributed by atoms with van der Waals surface area (Å²) in [6.45, 7) is 4.24. The fourth-order valence-corrected chi connectivity index (χ4v) is 2.67. The van der Waals surface area contributed by atoms with Gasteiger partial charge in [-0.15, -0.1) is 0 Å². The summed E-state index contributed by atoms with van der Waals surface area (Å²) >= 11 is 0. The van der Waals surface area contributed by atoms with Crippen LogP contribution in [0.15, 0.2) is 66.9 Å². The fraction of sp³-hybridized carbons (Fsp3) is 0.136. The molecule has 27 heavy (non-hydrogen) atoms. The van der Waals surface area contributed by atoms with Gasteiger partial charge in [0.15, 0.2) is 5.78 Å². The van der Waals surface area contributed by atoms with E-state index in [0.29, 0.717) is 23.5 Å². The zero-order valence-electron chi connectivity index (χ0n) is 15.3. The van der Waals surface area contributed by atoms with Crippen molar-refractivity contribution in [2.75, 3.05) is 10.6 Å². The van der Waals surface area contributed by atoms with Gasteiger partial charge in [-0.25, -0.2) is 4.98 Å². The van der Waals surface area contributed by atoms with Gasteiger partial charge >= 0.3 is 0 Å². The highest BCUT2D eigenvalue weighted by Crippen LogP contribution is 2.14. The standard InChI is InChI=1S/C22H21N3O2/c1-15-5-3-6-17(11-15)13-23-20-9-10-21(24-14-20)22(27)25-19-8-4-7-18(12-19)16(2)26/h3-12,14,23H,13H2,1-2H3,(H,25,27). The number of anilines is 2. The smallest absolute Gasteiger partial charge is 0.274 e. The van der Waals surface area contributed by atoms with E-state index in [4.69, 9.17) is 0 Å². The number of carbonyl (C=O) groups excluding carboxylic acids is 2. The number of aryl methyl sites for hydroxylation is 1. The van der Waals surface area contributed by atoms with Crippen LogP contribution < -0.4 is 10.6 Å². The second-order valence-corrected chi connectivity index (χ2v) is 6.37. The van der Waals surface area contributed by atoms with Gasteiger partial charge in [-0.05, 0) is 43.7 Å². The maximum Gasteiger partial charge on any atom is 0.274 e. The molecule has 1 heterocycles. The SMILES string of the molecule is CC(=O)c1cccc(NC(=O)c2ccc(NCc3cccc(C)c3)cn2)c1. The summed E-state index contributed by atoms with van der Waals surface area (Å²) in [5.74, 6) is -0.366. The minimum Gasteiger partial charge on any atom is -0.380 e. The first-order valence-corrected chi connectivity index (χ1v) is 8.69. The largest absolute Gasteiger partial charge is 0.380 e. The molecular weight excluding hydrogens is 338 g/mol. The molecule has 1 amide bonds. The van der Waals surface area contributed by atoms with Crippen molar-refractivity contribution < 1.29 is 9.59 Å². The molecule has 2 N–H and O–H groups in total. The van der Waals surface area contributed by atoms with Gasteiger partial charge in [-0.3, -0.25) is 9.59 Å². The Balaban J connectivity index is 1.61. The van der Waals surface area contributed by atoms with E-state index in [2.05, 4.69) is 40.7 Å². The third kappa shape index (κ3) is 5.01. The lowest BCUT2D eigenvalue weighted by atomic mass is 10.1. The Morgan fingerprint density at radius 1 is 0.963 bits per heavy atom. The van der Waals surface area contributed by atoms with Crippen molar-refractivity contribution in [2.45, 2.75) is 20.4 Å². The molecule has 2 aromatic carbocycles. The topological polar surface area (TPSA) is 71.1 Å². The minimum absolute atomic E-state index is 0.0479. The number of pyridine rings is 1. The number of hydrogen-bond donors (Lipinski definition) is 2. The summed E-state index contributed by atoms with van der Waals surface area (Å²) in [6.07, 6.45) is 1.64. The van der Waals surface area contributed by atoms with E-state index in [1.807, 2.05) is 12.1 Å². The second-order valence-electron chi connectivity index (χ2n) is 6.37. The second kappa shape index (κ2) is 8.27. The van der Waals surface area contributed by atoms with Gasteiger partial charge in [-0.1, -0.05) is 42.0 Å². The molecule has 0 fully saturated rings. The number of ketones is 1. The van der Waals surface area contributed by atoms with Gasteiger partial charge in [0.05, 0.1) is 11.9 Å². The highest BCUT2D eigenvalue weighted by atomic mass is 16.2. The van der Waals surface area contributed by atoms with Gasteiger partial charge in [-0.2, -0.15) is 0 Å². The molecule has 0 saturated heterocycles. The predicted octanol–water partition coefficient (Wildman–Crippen LogP) is 4.46. The van der Waals surface area contributed by atoms with Crippen molar-refractivity contribution in [2.24, 2.45) is 0 Å². The van der Waals surface area contributed by atoms with Crippen LogP contribution in [-0.2, 0) is 6.54 Å². The van der Waals surface area contributed by atoms with Crippen molar-refractivity contribution in [1.82, 2.24) is 4.98 Å². The van der Waals surface area contributed by atoms with Gasteiger partial charge in [0.2, 0.25) is 0 Å². The fourth-order valence-electron chi connectivity index (χ4n) is 2.67. The van der Waals surface area contributed by atoms with Crippen molar-refractivity contribution in [3.8, 4) is 0 Å². The number of Topliss-reactive ketones (excluding diaryl/α,β-unsaturated/α-hetero) is 1. The predicted molar refractivity (Wildman–Crippen MR) is 107 cm³/mol. The molecule has 3 aromatic rings. The van der Waals surface area contributed by atoms with E-state index in [1.165, 1.54) is 18.1 Å². The summed E-state index contributed by atoms with van der Waals surface area (Å²) in [7, 11) is 0. The zero-order chi connectivity index (χ0) is 19.2. The van der Waals surface area contributed by atoms with Crippen LogP contribution in [0.4, 0.5) is 11.4 Å². The van der Waals surface area contributed by atoms with Crippen LogP contribution in [0.2, 0.25) is 0 Å². The lowest BCUT2D eigenvalue weighted by Crippen LogP contribution is -2.14. The Kier molecular flexibility index (Phi) is 5.61. The quantitative estimate of drug-likeness (QED) is 0.638. The first kappa shape index (κ1) is 18.3. The summed E-state index contributed by atoms with van der Waals surface area (Å²) in [6, 6.07) is 18.6. The molecule has 0 aliphatic carbocycles. The monoisotopic (exact) mass is 359 g/mol. The normalized spacial score (nSPS) is 10.3. The summed E-state index contributed by atoms with van der Waals surface area (Å²) in [5.41, 5.74) is 4.67. The average Bonchev–Trinajstić information content (AvgIpc) is 2.67. The molecule has 3 rings (SSSR count). The molecule has 5 nitrogen and oxygen atoms in total. The number of nitrogens with one attached hydrogen (secondary N) is 2. The average molecular weight is 359 g/mol. The Morgan fingerprint density at radius 2 is 1.78 bits per heavy atom. The van der Waals surface area contributed by atoms with Gasteiger partial charge in [0.25, 0.3) is 5.91 Å². The van der Waals surface area contributed by atoms with E-state index < -0.39 is 0 Å². The van der Waals surface area contributed by atoms with Crippen LogP contribution in [0.5, 0.6) is 0 Å². The third-order valence-corrected chi connectivity index (χ3v) is 4.10. The number of rotatable bonds is 6. The molecule has 0 saturated carbocycles. The van der Waals surface area contributed by atoms with Crippen LogP contribution in [-0.4, -0.2) is 16.7 Å². The third-order valence-electron chi connectivity index (χ3n) is 4.10. The molecule has 0 aliphatic rings. The minimum atomic E-state index is -0.319. The molecular formula is C22H21N3O2. The van der Waals surface area contributed by atoms with E-state index in [0.717, 1.165) is 5.69 Å². The van der Waals surface area contributed by atoms with Crippen molar-refractivity contribution in [3.05, 3.63) is 89.2 Å². The molecule has 0 unspecified atom stereocenters. The van der Waals surface area contributed by atoms with Crippen molar-refractivity contribution in [3.63, 3.8) is 0 Å². The zero-order valence-corrected chi connectivity index (χ0v) is 15.3.